The number of nitrogens with zero attached hydrogens (tertiary/aromatic N) is 2. The van der Waals surface area contributed by atoms with Crippen LogP contribution in [0, 0.1) is 6.92 Å². The van der Waals surface area contributed by atoms with Crippen LogP contribution < -0.4 is 15.8 Å². The first kappa shape index (κ1) is 12.9. The summed E-state index contributed by atoms with van der Waals surface area (Å²) >= 11 is 0. The van der Waals surface area contributed by atoms with Gasteiger partial charge in [0.05, 0.1) is 13.3 Å². The number of nitrogens with one attached hydrogen (secondary N) is 1. The summed E-state index contributed by atoms with van der Waals surface area (Å²) < 4.78 is 6.57. The molecule has 0 unspecified atom stereocenters. The maximum atomic E-state index is 12.1. The van der Waals surface area contributed by atoms with E-state index in [0.29, 0.717) is 17.1 Å². The Morgan fingerprint density at radius 3 is 2.74 bits per heavy atom. The molecule has 0 radical (unpaired) electrons. The number of aryl methyl sites for hydroxylation is 2. The van der Waals surface area contributed by atoms with Gasteiger partial charge in [-0.3, -0.25) is 9.48 Å². The average Bonchev–Trinajstić information content (AvgIpc) is 2.72. The highest BCUT2D eigenvalue weighted by atomic mass is 16.5. The number of hydrogen-bond acceptors (Lipinski definition) is 4. The highest BCUT2D eigenvalue weighted by Gasteiger charge is 2.14. The van der Waals surface area contributed by atoms with Gasteiger partial charge in [-0.05, 0) is 30.7 Å². The summed E-state index contributed by atoms with van der Waals surface area (Å²) in [7, 11) is 3.29. The topological polar surface area (TPSA) is 82.2 Å². The molecule has 1 heterocycles. The summed E-state index contributed by atoms with van der Waals surface area (Å²) in [6.45, 7) is 1.89. The van der Waals surface area contributed by atoms with Crippen molar-refractivity contribution in [3.63, 3.8) is 0 Å². The summed E-state index contributed by atoms with van der Waals surface area (Å²) in [4.78, 5) is 12.1. The molecule has 19 heavy (non-hydrogen) atoms. The van der Waals surface area contributed by atoms with E-state index in [1.807, 2.05) is 13.0 Å². The Hall–Kier alpha value is -2.50. The van der Waals surface area contributed by atoms with Crippen LogP contribution in [0.2, 0.25) is 0 Å². The minimum Gasteiger partial charge on any atom is -0.497 e. The monoisotopic (exact) mass is 260 g/mol. The van der Waals surface area contributed by atoms with E-state index in [9.17, 15) is 4.79 Å². The van der Waals surface area contributed by atoms with Crippen molar-refractivity contribution in [3.8, 4) is 5.75 Å². The predicted molar refractivity (Wildman–Crippen MR) is 73.3 cm³/mol. The molecule has 0 atom stereocenters. The van der Waals surface area contributed by atoms with Crippen molar-refractivity contribution in [2.45, 2.75) is 6.92 Å². The third-order valence-corrected chi connectivity index (χ3v) is 2.91. The SMILES string of the molecule is COc1ccc(NC(=O)c2cnn(C)c2N)c(C)c1. The average molecular weight is 260 g/mol. The van der Waals surface area contributed by atoms with Crippen molar-refractivity contribution in [1.29, 1.82) is 0 Å². The number of carbonyl (C=O) groups excluding carboxylic acids is 1. The molecule has 1 aromatic carbocycles. The van der Waals surface area contributed by atoms with Gasteiger partial charge in [-0.1, -0.05) is 0 Å². The number of rotatable bonds is 3. The molecular formula is C13H16N4O2. The Balaban J connectivity index is 2.22. The number of ether oxygens (including phenoxy) is 1. The summed E-state index contributed by atoms with van der Waals surface area (Å²) in [5, 5.41) is 6.74. The van der Waals surface area contributed by atoms with Crippen molar-refractivity contribution < 1.29 is 9.53 Å². The molecule has 1 aromatic heterocycles. The fourth-order valence-electron chi connectivity index (χ4n) is 1.71. The van der Waals surface area contributed by atoms with Crippen molar-refractivity contribution >= 4 is 17.4 Å². The van der Waals surface area contributed by atoms with Crippen LogP contribution in [0.4, 0.5) is 11.5 Å². The minimum atomic E-state index is -0.279. The molecule has 0 bridgehead atoms. The number of aromatic nitrogens is 2. The first-order valence-corrected chi connectivity index (χ1v) is 5.76. The third kappa shape index (κ3) is 2.52. The van der Waals surface area contributed by atoms with E-state index in [0.717, 1.165) is 11.3 Å². The van der Waals surface area contributed by atoms with Crippen LogP contribution in [-0.4, -0.2) is 22.8 Å². The van der Waals surface area contributed by atoms with Crippen LogP contribution in [0.1, 0.15) is 15.9 Å². The second-order valence-corrected chi connectivity index (χ2v) is 4.20. The van der Waals surface area contributed by atoms with Crippen molar-refractivity contribution in [1.82, 2.24) is 9.78 Å². The summed E-state index contributed by atoms with van der Waals surface area (Å²) in [6.07, 6.45) is 1.45. The highest BCUT2D eigenvalue weighted by Crippen LogP contribution is 2.22. The second-order valence-electron chi connectivity index (χ2n) is 4.20. The molecule has 0 spiro atoms. The Morgan fingerprint density at radius 1 is 1.47 bits per heavy atom. The van der Waals surface area contributed by atoms with E-state index in [1.165, 1.54) is 10.9 Å². The number of amides is 1. The number of nitrogens with two attached hydrogens (primary N) is 1. The molecule has 0 saturated carbocycles. The molecule has 100 valence electrons. The molecule has 2 rings (SSSR count). The lowest BCUT2D eigenvalue weighted by Crippen LogP contribution is -2.14. The maximum Gasteiger partial charge on any atom is 0.261 e. The molecule has 6 heteroatoms. The van der Waals surface area contributed by atoms with Crippen molar-refractivity contribution in [2.24, 2.45) is 7.05 Å². The third-order valence-electron chi connectivity index (χ3n) is 2.91. The van der Waals surface area contributed by atoms with Gasteiger partial charge in [0.2, 0.25) is 0 Å². The zero-order valence-electron chi connectivity index (χ0n) is 11.1. The van der Waals surface area contributed by atoms with E-state index < -0.39 is 0 Å². The van der Waals surface area contributed by atoms with Crippen LogP contribution in [0.25, 0.3) is 0 Å². The highest BCUT2D eigenvalue weighted by molar-refractivity contribution is 6.07. The lowest BCUT2D eigenvalue weighted by atomic mass is 10.2. The normalized spacial score (nSPS) is 10.3. The molecule has 1 amide bonds. The van der Waals surface area contributed by atoms with Crippen molar-refractivity contribution in [2.75, 3.05) is 18.2 Å². The molecular weight excluding hydrogens is 244 g/mol. The molecule has 6 nitrogen and oxygen atoms in total. The zero-order valence-corrected chi connectivity index (χ0v) is 11.1. The second kappa shape index (κ2) is 5.01. The summed E-state index contributed by atoms with van der Waals surface area (Å²) in [5.41, 5.74) is 7.75. The minimum absolute atomic E-state index is 0.279. The number of benzene rings is 1. The van der Waals surface area contributed by atoms with Gasteiger partial charge >= 0.3 is 0 Å². The largest absolute Gasteiger partial charge is 0.497 e. The Bertz CT molecular complexity index is 619. The molecule has 0 aliphatic carbocycles. The first-order chi connectivity index (χ1) is 9.02. The molecule has 0 aliphatic rings. The van der Waals surface area contributed by atoms with Gasteiger partial charge in [0.1, 0.15) is 17.1 Å². The van der Waals surface area contributed by atoms with Gasteiger partial charge in [0.25, 0.3) is 5.91 Å². The van der Waals surface area contributed by atoms with Gasteiger partial charge < -0.3 is 15.8 Å². The van der Waals surface area contributed by atoms with Gasteiger partial charge in [0.15, 0.2) is 0 Å². The van der Waals surface area contributed by atoms with Crippen LogP contribution >= 0.6 is 0 Å². The van der Waals surface area contributed by atoms with Crippen LogP contribution in [-0.2, 0) is 7.05 Å². The molecule has 0 saturated heterocycles. The number of hydrogen-bond donors (Lipinski definition) is 2. The van der Waals surface area contributed by atoms with Gasteiger partial charge in [0, 0.05) is 12.7 Å². The smallest absolute Gasteiger partial charge is 0.261 e. The van der Waals surface area contributed by atoms with E-state index in [-0.39, 0.29) is 5.91 Å². The van der Waals surface area contributed by atoms with Crippen molar-refractivity contribution in [3.05, 3.63) is 35.5 Å². The first-order valence-electron chi connectivity index (χ1n) is 5.76. The van der Waals surface area contributed by atoms with Gasteiger partial charge in [-0.2, -0.15) is 5.10 Å². The molecule has 3 N–H and O–H groups in total. The van der Waals surface area contributed by atoms with E-state index in [2.05, 4.69) is 10.4 Å². The lowest BCUT2D eigenvalue weighted by molar-refractivity contribution is 0.102. The number of carbonyl (C=O) groups is 1. The Kier molecular flexibility index (Phi) is 3.41. The molecule has 0 fully saturated rings. The van der Waals surface area contributed by atoms with Gasteiger partial charge in [-0.25, -0.2) is 0 Å². The standard InChI is InChI=1S/C13H16N4O2/c1-8-6-9(19-3)4-5-11(8)16-13(18)10-7-15-17(2)12(10)14/h4-7H,14H2,1-3H3,(H,16,18). The maximum absolute atomic E-state index is 12.1. The fourth-order valence-corrected chi connectivity index (χ4v) is 1.71. The quantitative estimate of drug-likeness (QED) is 0.877. The molecule has 0 aliphatic heterocycles. The number of anilines is 2. The zero-order chi connectivity index (χ0) is 14.0. The fraction of sp³-hybridized carbons (Fsp3) is 0.231. The lowest BCUT2D eigenvalue weighted by Gasteiger charge is -2.09. The molecule has 2 aromatic rings. The van der Waals surface area contributed by atoms with Crippen LogP contribution in [0.3, 0.4) is 0 Å². The Labute approximate surface area is 111 Å². The Morgan fingerprint density at radius 2 is 2.21 bits per heavy atom. The number of nitrogen functional groups attached to an aromatic ring is 1. The van der Waals surface area contributed by atoms with E-state index in [4.69, 9.17) is 10.5 Å². The summed E-state index contributed by atoms with van der Waals surface area (Å²) in [5.74, 6) is 0.805. The van der Waals surface area contributed by atoms with E-state index in [1.54, 1.807) is 26.3 Å². The van der Waals surface area contributed by atoms with E-state index >= 15 is 0 Å². The number of methoxy groups -OCH3 is 1. The van der Waals surface area contributed by atoms with Crippen LogP contribution in [0.5, 0.6) is 5.75 Å². The predicted octanol–water partition coefficient (Wildman–Crippen LogP) is 1.57. The van der Waals surface area contributed by atoms with Gasteiger partial charge in [-0.15, -0.1) is 0 Å². The summed E-state index contributed by atoms with van der Waals surface area (Å²) in [6, 6.07) is 5.43. The van der Waals surface area contributed by atoms with Crippen LogP contribution in [0.15, 0.2) is 24.4 Å².